The normalized spacial score (nSPS) is 11.3. The third kappa shape index (κ3) is 5.54. The number of imidazole rings is 1. The number of aromatic amines is 1. The van der Waals surface area contributed by atoms with Crippen LogP contribution in [0, 0.1) is 0 Å². The van der Waals surface area contributed by atoms with Gasteiger partial charge in [0.2, 0.25) is 5.91 Å². The lowest BCUT2D eigenvalue weighted by Gasteiger charge is -2.12. The van der Waals surface area contributed by atoms with E-state index in [2.05, 4.69) is 20.0 Å². The number of halogens is 2. The molecule has 1 amide bonds. The van der Waals surface area contributed by atoms with Gasteiger partial charge in [-0.3, -0.25) is 4.79 Å². The minimum Gasteiger partial charge on any atom is -0.493 e. The molecule has 0 unspecified atom stereocenters. The third-order valence-corrected chi connectivity index (χ3v) is 4.18. The maximum Gasteiger partial charge on any atom is 0.387 e. The first-order chi connectivity index (χ1) is 14.1. The molecule has 0 fully saturated rings. The minimum atomic E-state index is -2.99. The number of rotatable bonds is 9. The number of hydrogen-bond donors (Lipinski definition) is 2. The summed E-state index contributed by atoms with van der Waals surface area (Å²) in [5.74, 6) is 0.583. The second-order valence-electron chi connectivity index (χ2n) is 6.19. The van der Waals surface area contributed by atoms with Crippen molar-refractivity contribution in [1.29, 1.82) is 0 Å². The van der Waals surface area contributed by atoms with Crippen LogP contribution in [0.1, 0.15) is 17.8 Å². The molecule has 29 heavy (non-hydrogen) atoms. The average Bonchev–Trinajstić information content (AvgIpc) is 3.13. The molecule has 0 radical (unpaired) electrons. The highest BCUT2D eigenvalue weighted by molar-refractivity contribution is 5.92. The van der Waals surface area contributed by atoms with E-state index in [1.54, 1.807) is 12.1 Å². The number of nitrogens with one attached hydrogen (secondary N) is 2. The van der Waals surface area contributed by atoms with Crippen LogP contribution in [0.2, 0.25) is 0 Å². The van der Waals surface area contributed by atoms with Crippen molar-refractivity contribution in [3.05, 3.63) is 59.9 Å². The molecule has 0 saturated carbocycles. The number of ether oxygens (including phenoxy) is 2. The highest BCUT2D eigenvalue weighted by Crippen LogP contribution is 2.33. The van der Waals surface area contributed by atoms with Crippen molar-refractivity contribution in [3.63, 3.8) is 0 Å². The van der Waals surface area contributed by atoms with E-state index in [1.165, 1.54) is 25.3 Å². The van der Waals surface area contributed by atoms with Crippen molar-refractivity contribution >= 4 is 23.0 Å². The lowest BCUT2D eigenvalue weighted by Crippen LogP contribution is -2.22. The third-order valence-electron chi connectivity index (χ3n) is 4.18. The Morgan fingerprint density at radius 2 is 2.07 bits per heavy atom. The van der Waals surface area contributed by atoms with Gasteiger partial charge in [0.05, 0.1) is 18.1 Å². The molecule has 3 rings (SSSR count). The number of hydrogen-bond acceptors (Lipinski definition) is 4. The van der Waals surface area contributed by atoms with Crippen LogP contribution in [0.3, 0.4) is 0 Å². The van der Waals surface area contributed by atoms with E-state index in [0.717, 1.165) is 16.9 Å². The van der Waals surface area contributed by atoms with Gasteiger partial charge in [-0.2, -0.15) is 8.78 Å². The fourth-order valence-corrected chi connectivity index (χ4v) is 2.86. The summed E-state index contributed by atoms with van der Waals surface area (Å²) in [6.07, 6.45) is 4.09. The van der Waals surface area contributed by atoms with Crippen LogP contribution in [-0.4, -0.2) is 36.1 Å². The van der Waals surface area contributed by atoms with Gasteiger partial charge in [0.1, 0.15) is 5.82 Å². The van der Waals surface area contributed by atoms with Gasteiger partial charge in [-0.1, -0.05) is 24.3 Å². The fraction of sp³-hybridized carbons (Fsp3) is 0.238. The number of aromatic nitrogens is 2. The molecule has 0 saturated heterocycles. The Hall–Kier alpha value is -3.42. The molecule has 0 aliphatic carbocycles. The van der Waals surface area contributed by atoms with E-state index in [-0.39, 0.29) is 17.4 Å². The molecule has 0 aliphatic heterocycles. The molecule has 8 heteroatoms. The van der Waals surface area contributed by atoms with Gasteiger partial charge in [-0.05, 0) is 30.7 Å². The number of benzene rings is 2. The van der Waals surface area contributed by atoms with Gasteiger partial charge >= 0.3 is 6.61 Å². The van der Waals surface area contributed by atoms with Crippen LogP contribution in [0.4, 0.5) is 8.78 Å². The molecule has 0 spiro atoms. The summed E-state index contributed by atoms with van der Waals surface area (Å²) in [4.78, 5) is 19.7. The van der Waals surface area contributed by atoms with Gasteiger partial charge in [-0.25, -0.2) is 4.98 Å². The van der Waals surface area contributed by atoms with Gasteiger partial charge < -0.3 is 19.8 Å². The molecule has 2 aromatic carbocycles. The van der Waals surface area contributed by atoms with Gasteiger partial charge in [0.25, 0.3) is 0 Å². The van der Waals surface area contributed by atoms with E-state index in [0.29, 0.717) is 24.9 Å². The number of nitrogens with zero attached hydrogens (tertiary/aromatic N) is 1. The SMILES string of the molecule is COc1cccc(/C=C/C(=O)NCCCc2nc3ccccc3[nH]2)c1OC(F)F. The van der Waals surface area contributed by atoms with Gasteiger partial charge in [-0.15, -0.1) is 0 Å². The minimum absolute atomic E-state index is 0.112. The number of carbonyl (C=O) groups is 1. The smallest absolute Gasteiger partial charge is 0.387 e. The first-order valence-corrected chi connectivity index (χ1v) is 9.08. The summed E-state index contributed by atoms with van der Waals surface area (Å²) in [6, 6.07) is 12.5. The molecule has 152 valence electrons. The van der Waals surface area contributed by atoms with Crippen LogP contribution in [0.15, 0.2) is 48.5 Å². The number of aryl methyl sites for hydroxylation is 1. The van der Waals surface area contributed by atoms with Crippen LogP contribution >= 0.6 is 0 Å². The zero-order valence-corrected chi connectivity index (χ0v) is 15.8. The van der Waals surface area contributed by atoms with Crippen molar-refractivity contribution in [1.82, 2.24) is 15.3 Å². The number of carbonyl (C=O) groups excluding carboxylic acids is 1. The van der Waals surface area contributed by atoms with E-state index in [4.69, 9.17) is 4.74 Å². The number of para-hydroxylation sites is 3. The molecular weight excluding hydrogens is 380 g/mol. The van der Waals surface area contributed by atoms with Crippen LogP contribution in [0.25, 0.3) is 17.1 Å². The summed E-state index contributed by atoms with van der Waals surface area (Å²) in [5, 5.41) is 2.76. The van der Waals surface area contributed by atoms with Crippen molar-refractivity contribution in [2.45, 2.75) is 19.5 Å². The molecule has 3 aromatic rings. The number of fused-ring (bicyclic) bond motifs is 1. The lowest BCUT2D eigenvalue weighted by molar-refractivity contribution is -0.116. The topological polar surface area (TPSA) is 76.2 Å². The standard InChI is InChI=1S/C21H21F2N3O3/c1-28-17-9-4-6-14(20(17)29-21(22)23)11-12-19(27)24-13-5-10-18-25-15-7-2-3-8-16(15)26-18/h2-4,6-9,11-12,21H,5,10,13H2,1H3,(H,24,27)(H,25,26)/b12-11+. The Kier molecular flexibility index (Phi) is 6.78. The zero-order chi connectivity index (χ0) is 20.6. The molecular formula is C21H21F2N3O3. The Morgan fingerprint density at radius 1 is 1.24 bits per heavy atom. The highest BCUT2D eigenvalue weighted by Gasteiger charge is 2.14. The largest absolute Gasteiger partial charge is 0.493 e. The van der Waals surface area contributed by atoms with Crippen molar-refractivity contribution in [3.8, 4) is 11.5 Å². The van der Waals surface area contributed by atoms with Crippen LogP contribution < -0.4 is 14.8 Å². The second-order valence-corrected chi connectivity index (χ2v) is 6.19. The maximum atomic E-state index is 12.6. The maximum absolute atomic E-state index is 12.6. The van der Waals surface area contributed by atoms with Crippen molar-refractivity contribution in [2.75, 3.05) is 13.7 Å². The quantitative estimate of drug-likeness (QED) is 0.421. The number of amides is 1. The van der Waals surface area contributed by atoms with Crippen LogP contribution in [0.5, 0.6) is 11.5 Å². The van der Waals surface area contributed by atoms with Gasteiger partial charge in [0, 0.05) is 24.6 Å². The van der Waals surface area contributed by atoms with Crippen molar-refractivity contribution in [2.24, 2.45) is 0 Å². The highest BCUT2D eigenvalue weighted by atomic mass is 19.3. The monoisotopic (exact) mass is 401 g/mol. The van der Waals surface area contributed by atoms with Gasteiger partial charge in [0.15, 0.2) is 11.5 Å². The summed E-state index contributed by atoms with van der Waals surface area (Å²) >= 11 is 0. The average molecular weight is 401 g/mol. The molecule has 0 aliphatic rings. The molecule has 0 atom stereocenters. The molecule has 0 bridgehead atoms. The van der Waals surface area contributed by atoms with E-state index in [9.17, 15) is 13.6 Å². The number of methoxy groups -OCH3 is 1. The molecule has 1 aromatic heterocycles. The summed E-state index contributed by atoms with van der Waals surface area (Å²) in [5.41, 5.74) is 2.21. The Balaban J connectivity index is 1.52. The van der Waals surface area contributed by atoms with Crippen LogP contribution in [-0.2, 0) is 11.2 Å². The van der Waals surface area contributed by atoms with Crippen molar-refractivity contribution < 1.29 is 23.0 Å². The first kappa shape index (κ1) is 20.3. The molecule has 2 N–H and O–H groups in total. The number of H-pyrrole nitrogens is 1. The summed E-state index contributed by atoms with van der Waals surface area (Å²) < 4.78 is 34.8. The van der Waals surface area contributed by atoms with E-state index < -0.39 is 6.61 Å². The first-order valence-electron chi connectivity index (χ1n) is 9.08. The fourth-order valence-electron chi connectivity index (χ4n) is 2.86. The Bertz CT molecular complexity index is 969. The Morgan fingerprint density at radius 3 is 2.83 bits per heavy atom. The predicted octanol–water partition coefficient (Wildman–Crippen LogP) is 3.94. The Labute approximate surface area is 166 Å². The van der Waals surface area contributed by atoms with E-state index in [1.807, 2.05) is 24.3 Å². The lowest BCUT2D eigenvalue weighted by atomic mass is 10.1. The molecule has 6 nitrogen and oxygen atoms in total. The molecule has 1 heterocycles. The summed E-state index contributed by atoms with van der Waals surface area (Å²) in [6.45, 7) is -2.54. The summed E-state index contributed by atoms with van der Waals surface area (Å²) in [7, 11) is 1.36. The predicted molar refractivity (Wildman–Crippen MR) is 106 cm³/mol. The number of alkyl halides is 2. The van der Waals surface area contributed by atoms with E-state index >= 15 is 0 Å². The second kappa shape index (κ2) is 9.68. The zero-order valence-electron chi connectivity index (χ0n) is 15.8.